The second-order valence-electron chi connectivity index (χ2n) is 6.35. The van der Waals surface area contributed by atoms with Gasteiger partial charge in [-0.1, -0.05) is 48.0 Å². The zero-order valence-corrected chi connectivity index (χ0v) is 14.2. The zero-order valence-electron chi connectivity index (χ0n) is 14.2. The van der Waals surface area contributed by atoms with E-state index in [-0.39, 0.29) is 0 Å². The molecule has 2 aromatic carbocycles. The fourth-order valence-electron chi connectivity index (χ4n) is 3.13. The molecule has 0 atom stereocenters. The molecule has 0 unspecified atom stereocenters. The van der Waals surface area contributed by atoms with Crippen LogP contribution in [0.5, 0.6) is 5.75 Å². The van der Waals surface area contributed by atoms with Crippen LogP contribution in [0.15, 0.2) is 48.5 Å². The van der Waals surface area contributed by atoms with Crippen LogP contribution in [0.2, 0.25) is 0 Å². The van der Waals surface area contributed by atoms with Crippen molar-refractivity contribution in [3.05, 3.63) is 65.2 Å². The van der Waals surface area contributed by atoms with Crippen molar-refractivity contribution in [1.82, 2.24) is 9.80 Å². The first kappa shape index (κ1) is 16.0. The van der Waals surface area contributed by atoms with Gasteiger partial charge >= 0.3 is 0 Å². The van der Waals surface area contributed by atoms with Gasteiger partial charge in [0, 0.05) is 44.8 Å². The number of para-hydroxylation sites is 1. The molecule has 1 aliphatic heterocycles. The first-order valence-corrected chi connectivity index (χ1v) is 8.37. The van der Waals surface area contributed by atoms with E-state index in [1.165, 1.54) is 16.7 Å². The molecule has 1 saturated heterocycles. The Balaban J connectivity index is 1.51. The minimum atomic E-state index is 0.975. The molecule has 1 aliphatic rings. The third kappa shape index (κ3) is 4.34. The molecule has 1 heterocycles. The van der Waals surface area contributed by atoms with Gasteiger partial charge < -0.3 is 4.74 Å². The average Bonchev–Trinajstić information content (AvgIpc) is 2.59. The number of benzene rings is 2. The highest BCUT2D eigenvalue weighted by atomic mass is 16.5. The fourth-order valence-corrected chi connectivity index (χ4v) is 3.13. The molecule has 23 heavy (non-hydrogen) atoms. The van der Waals surface area contributed by atoms with Crippen LogP contribution >= 0.6 is 0 Å². The van der Waals surface area contributed by atoms with Gasteiger partial charge in [0.15, 0.2) is 0 Å². The van der Waals surface area contributed by atoms with Crippen molar-refractivity contribution in [3.63, 3.8) is 0 Å². The molecule has 3 nitrogen and oxygen atoms in total. The average molecular weight is 310 g/mol. The van der Waals surface area contributed by atoms with E-state index in [1.807, 2.05) is 12.1 Å². The Kier molecular flexibility index (Phi) is 5.31. The van der Waals surface area contributed by atoms with Gasteiger partial charge in [0.1, 0.15) is 5.75 Å². The lowest BCUT2D eigenvalue weighted by Crippen LogP contribution is -2.45. The third-order valence-electron chi connectivity index (χ3n) is 4.58. The van der Waals surface area contributed by atoms with Gasteiger partial charge in [-0.05, 0) is 18.6 Å². The van der Waals surface area contributed by atoms with Gasteiger partial charge in [-0.3, -0.25) is 9.80 Å². The van der Waals surface area contributed by atoms with Crippen LogP contribution in [0.25, 0.3) is 0 Å². The van der Waals surface area contributed by atoms with E-state index in [9.17, 15) is 0 Å². The van der Waals surface area contributed by atoms with Gasteiger partial charge in [0.25, 0.3) is 0 Å². The summed E-state index contributed by atoms with van der Waals surface area (Å²) < 4.78 is 5.46. The van der Waals surface area contributed by atoms with Crippen molar-refractivity contribution < 1.29 is 4.74 Å². The normalized spacial score (nSPS) is 16.4. The predicted molar refractivity (Wildman–Crippen MR) is 94.7 cm³/mol. The standard InChI is InChI=1S/C20H26N2O/c1-17-7-9-18(10-8-17)15-21-11-13-22(14-12-21)16-19-5-3-4-6-20(19)23-2/h3-10H,11-16H2,1-2H3. The first-order chi connectivity index (χ1) is 11.2. The monoisotopic (exact) mass is 310 g/mol. The minimum absolute atomic E-state index is 0.975. The number of methoxy groups -OCH3 is 1. The summed E-state index contributed by atoms with van der Waals surface area (Å²) >= 11 is 0. The minimum Gasteiger partial charge on any atom is -0.496 e. The van der Waals surface area contributed by atoms with E-state index in [1.54, 1.807) is 7.11 Å². The molecule has 1 fully saturated rings. The molecule has 0 N–H and O–H groups in total. The number of ether oxygens (including phenoxy) is 1. The van der Waals surface area contributed by atoms with Crippen molar-refractivity contribution in [3.8, 4) is 5.75 Å². The number of hydrogen-bond acceptors (Lipinski definition) is 3. The molecular formula is C20H26N2O. The zero-order chi connectivity index (χ0) is 16.1. The van der Waals surface area contributed by atoms with Crippen LogP contribution in [0, 0.1) is 6.92 Å². The van der Waals surface area contributed by atoms with Crippen molar-refractivity contribution in [2.24, 2.45) is 0 Å². The third-order valence-corrected chi connectivity index (χ3v) is 4.58. The molecule has 0 aromatic heterocycles. The molecule has 0 bridgehead atoms. The number of nitrogens with zero attached hydrogens (tertiary/aromatic N) is 2. The molecule has 0 amide bonds. The van der Waals surface area contributed by atoms with Crippen LogP contribution in [-0.2, 0) is 13.1 Å². The largest absolute Gasteiger partial charge is 0.496 e. The van der Waals surface area contributed by atoms with Gasteiger partial charge in [0.05, 0.1) is 7.11 Å². The Morgan fingerprint density at radius 2 is 1.43 bits per heavy atom. The van der Waals surface area contributed by atoms with Crippen molar-refractivity contribution in [2.45, 2.75) is 20.0 Å². The Morgan fingerprint density at radius 3 is 2.09 bits per heavy atom. The summed E-state index contributed by atoms with van der Waals surface area (Å²) in [4.78, 5) is 5.06. The van der Waals surface area contributed by atoms with Gasteiger partial charge in [-0.2, -0.15) is 0 Å². The lowest BCUT2D eigenvalue weighted by atomic mass is 10.1. The lowest BCUT2D eigenvalue weighted by molar-refractivity contribution is 0.121. The molecule has 0 spiro atoms. The molecule has 122 valence electrons. The summed E-state index contributed by atoms with van der Waals surface area (Å²) in [6, 6.07) is 17.2. The molecule has 2 aromatic rings. The van der Waals surface area contributed by atoms with E-state index in [4.69, 9.17) is 4.74 Å². The Morgan fingerprint density at radius 1 is 0.826 bits per heavy atom. The molecule has 0 radical (unpaired) electrons. The van der Waals surface area contributed by atoms with Crippen molar-refractivity contribution >= 4 is 0 Å². The predicted octanol–water partition coefficient (Wildman–Crippen LogP) is 3.32. The van der Waals surface area contributed by atoms with E-state index in [2.05, 4.69) is 53.1 Å². The van der Waals surface area contributed by atoms with Gasteiger partial charge in [-0.25, -0.2) is 0 Å². The Bertz CT molecular complexity index is 616. The summed E-state index contributed by atoms with van der Waals surface area (Å²) in [5.74, 6) is 0.995. The summed E-state index contributed by atoms with van der Waals surface area (Å²) in [6.07, 6.45) is 0. The molecule has 0 aliphatic carbocycles. The lowest BCUT2D eigenvalue weighted by Gasteiger charge is -2.35. The second kappa shape index (κ2) is 7.62. The van der Waals surface area contributed by atoms with Crippen LogP contribution in [0.1, 0.15) is 16.7 Å². The van der Waals surface area contributed by atoms with E-state index >= 15 is 0 Å². The molecule has 3 heteroatoms. The molecule has 3 rings (SSSR count). The van der Waals surface area contributed by atoms with E-state index < -0.39 is 0 Å². The number of piperazine rings is 1. The SMILES string of the molecule is COc1ccccc1CN1CCN(Cc2ccc(C)cc2)CC1. The maximum absolute atomic E-state index is 5.46. The Labute approximate surface area is 139 Å². The smallest absolute Gasteiger partial charge is 0.123 e. The highest BCUT2D eigenvalue weighted by Crippen LogP contribution is 2.20. The quantitative estimate of drug-likeness (QED) is 0.842. The first-order valence-electron chi connectivity index (χ1n) is 8.37. The fraction of sp³-hybridized carbons (Fsp3) is 0.400. The number of aryl methyl sites for hydroxylation is 1. The van der Waals surface area contributed by atoms with Gasteiger partial charge in [0.2, 0.25) is 0 Å². The molecule has 0 saturated carbocycles. The van der Waals surface area contributed by atoms with E-state index in [0.29, 0.717) is 0 Å². The number of rotatable bonds is 5. The topological polar surface area (TPSA) is 15.7 Å². The summed E-state index contributed by atoms with van der Waals surface area (Å²) in [5, 5.41) is 0. The van der Waals surface area contributed by atoms with Crippen molar-refractivity contribution in [2.75, 3.05) is 33.3 Å². The second-order valence-corrected chi connectivity index (χ2v) is 6.35. The van der Waals surface area contributed by atoms with Gasteiger partial charge in [-0.15, -0.1) is 0 Å². The summed E-state index contributed by atoms with van der Waals surface area (Å²) in [7, 11) is 1.75. The maximum Gasteiger partial charge on any atom is 0.123 e. The van der Waals surface area contributed by atoms with Crippen LogP contribution in [-0.4, -0.2) is 43.1 Å². The van der Waals surface area contributed by atoms with Crippen LogP contribution in [0.4, 0.5) is 0 Å². The van der Waals surface area contributed by atoms with Crippen LogP contribution < -0.4 is 4.74 Å². The molecular weight excluding hydrogens is 284 g/mol. The highest BCUT2D eigenvalue weighted by Gasteiger charge is 2.18. The number of hydrogen-bond donors (Lipinski definition) is 0. The Hall–Kier alpha value is -1.84. The van der Waals surface area contributed by atoms with E-state index in [0.717, 1.165) is 45.0 Å². The highest BCUT2D eigenvalue weighted by molar-refractivity contribution is 5.33. The summed E-state index contributed by atoms with van der Waals surface area (Å²) in [6.45, 7) is 8.66. The van der Waals surface area contributed by atoms with Crippen LogP contribution in [0.3, 0.4) is 0 Å². The van der Waals surface area contributed by atoms with Crippen molar-refractivity contribution in [1.29, 1.82) is 0 Å². The summed E-state index contributed by atoms with van der Waals surface area (Å²) in [5.41, 5.74) is 4.02. The maximum atomic E-state index is 5.46.